The number of anilines is 1. The molecule has 3 aliphatic rings. The Morgan fingerprint density at radius 2 is 1.71 bits per heavy atom. The normalized spacial score (nSPS) is 30.0. The van der Waals surface area contributed by atoms with Crippen LogP contribution in [0.3, 0.4) is 0 Å². The first-order valence-corrected chi connectivity index (χ1v) is 9.25. The van der Waals surface area contributed by atoms with E-state index in [9.17, 15) is 4.79 Å². The minimum Gasteiger partial charge on any atom is -0.379 e. The summed E-state index contributed by atoms with van der Waals surface area (Å²) in [6.45, 7) is 6.69. The van der Waals surface area contributed by atoms with Gasteiger partial charge in [0.2, 0.25) is 5.91 Å². The monoisotopic (exact) mass is 329 g/mol. The van der Waals surface area contributed by atoms with Crippen molar-refractivity contribution in [3.8, 4) is 0 Å². The number of rotatable bonds is 3. The Balaban J connectivity index is 1.41. The Labute approximate surface area is 144 Å². The average molecular weight is 329 g/mol. The van der Waals surface area contributed by atoms with E-state index in [1.807, 2.05) is 35.2 Å². The van der Waals surface area contributed by atoms with Crippen molar-refractivity contribution >= 4 is 11.6 Å². The summed E-state index contributed by atoms with van der Waals surface area (Å²) >= 11 is 0. The van der Waals surface area contributed by atoms with Gasteiger partial charge in [0.1, 0.15) is 0 Å². The first kappa shape index (κ1) is 16.1. The summed E-state index contributed by atoms with van der Waals surface area (Å²) in [6.07, 6.45) is 3.39. The Morgan fingerprint density at radius 3 is 2.50 bits per heavy atom. The van der Waals surface area contributed by atoms with Crippen molar-refractivity contribution in [2.24, 2.45) is 0 Å². The van der Waals surface area contributed by atoms with Gasteiger partial charge in [0.25, 0.3) is 0 Å². The molecule has 1 aromatic rings. The van der Waals surface area contributed by atoms with Crippen LogP contribution < -0.4 is 4.90 Å². The van der Waals surface area contributed by atoms with Crippen LogP contribution in [-0.2, 0) is 9.53 Å². The molecule has 4 rings (SSSR count). The zero-order valence-corrected chi connectivity index (χ0v) is 14.3. The summed E-state index contributed by atoms with van der Waals surface area (Å²) in [7, 11) is 0. The highest BCUT2D eigenvalue weighted by Crippen LogP contribution is 2.27. The quantitative estimate of drug-likeness (QED) is 0.844. The second-order valence-corrected chi connectivity index (χ2v) is 7.07. The SMILES string of the molecule is O=C1[C@H](N2CCC[C@H](N3CCOCC3)C2)CCN1c1ccccc1. The zero-order valence-electron chi connectivity index (χ0n) is 14.3. The standard InChI is InChI=1S/C19H27N3O2/c23-19-18(8-10-22(19)16-5-2-1-3-6-16)21-9-4-7-17(15-21)20-11-13-24-14-12-20/h1-3,5-6,17-18H,4,7-15H2/t17-,18+/m0/s1. The Morgan fingerprint density at radius 1 is 0.917 bits per heavy atom. The molecule has 0 bridgehead atoms. The summed E-state index contributed by atoms with van der Waals surface area (Å²) in [4.78, 5) is 19.9. The van der Waals surface area contributed by atoms with Crippen molar-refractivity contribution < 1.29 is 9.53 Å². The number of ether oxygens (including phenoxy) is 1. The predicted molar refractivity (Wildman–Crippen MR) is 94.2 cm³/mol. The molecule has 5 nitrogen and oxygen atoms in total. The molecule has 0 unspecified atom stereocenters. The van der Waals surface area contributed by atoms with Gasteiger partial charge in [0, 0.05) is 37.9 Å². The fraction of sp³-hybridized carbons (Fsp3) is 0.632. The number of piperidine rings is 1. The molecule has 0 aliphatic carbocycles. The van der Waals surface area contributed by atoms with Crippen LogP contribution in [0.5, 0.6) is 0 Å². The molecule has 1 amide bonds. The molecular weight excluding hydrogens is 302 g/mol. The van der Waals surface area contributed by atoms with Crippen LogP contribution in [0.1, 0.15) is 19.3 Å². The van der Waals surface area contributed by atoms with E-state index in [0.717, 1.165) is 58.0 Å². The van der Waals surface area contributed by atoms with Crippen molar-refractivity contribution in [2.75, 3.05) is 50.8 Å². The van der Waals surface area contributed by atoms with Crippen LogP contribution in [0, 0.1) is 0 Å². The fourth-order valence-electron chi connectivity index (χ4n) is 4.37. The molecule has 0 N–H and O–H groups in total. The van der Waals surface area contributed by atoms with E-state index in [1.165, 1.54) is 12.8 Å². The van der Waals surface area contributed by atoms with Gasteiger partial charge in [0.05, 0.1) is 19.3 Å². The van der Waals surface area contributed by atoms with E-state index in [-0.39, 0.29) is 11.9 Å². The van der Waals surface area contributed by atoms with Gasteiger partial charge >= 0.3 is 0 Å². The molecule has 0 spiro atoms. The number of carbonyl (C=O) groups is 1. The van der Waals surface area contributed by atoms with E-state index in [1.54, 1.807) is 0 Å². The van der Waals surface area contributed by atoms with Crippen LogP contribution in [0.2, 0.25) is 0 Å². The summed E-state index contributed by atoms with van der Waals surface area (Å²) in [5.74, 6) is 0.281. The molecule has 3 fully saturated rings. The molecule has 3 heterocycles. The highest BCUT2D eigenvalue weighted by Gasteiger charge is 2.39. The minimum absolute atomic E-state index is 0.0639. The number of para-hydroxylation sites is 1. The first-order chi connectivity index (χ1) is 11.8. The Bertz CT molecular complexity index is 559. The highest BCUT2D eigenvalue weighted by molar-refractivity contribution is 5.99. The largest absolute Gasteiger partial charge is 0.379 e. The van der Waals surface area contributed by atoms with Gasteiger partial charge < -0.3 is 9.64 Å². The van der Waals surface area contributed by atoms with E-state index < -0.39 is 0 Å². The van der Waals surface area contributed by atoms with Crippen LogP contribution in [0.15, 0.2) is 30.3 Å². The van der Waals surface area contributed by atoms with Crippen molar-refractivity contribution in [3.63, 3.8) is 0 Å². The van der Waals surface area contributed by atoms with Gasteiger partial charge in [-0.05, 0) is 37.9 Å². The zero-order chi connectivity index (χ0) is 16.4. The first-order valence-electron chi connectivity index (χ1n) is 9.25. The second-order valence-electron chi connectivity index (χ2n) is 7.07. The summed E-state index contributed by atoms with van der Waals surface area (Å²) < 4.78 is 5.48. The molecule has 2 atom stereocenters. The molecule has 0 radical (unpaired) electrons. The number of benzene rings is 1. The van der Waals surface area contributed by atoms with Gasteiger partial charge in [-0.1, -0.05) is 18.2 Å². The summed E-state index contributed by atoms with van der Waals surface area (Å²) in [6, 6.07) is 10.7. The van der Waals surface area contributed by atoms with Crippen LogP contribution >= 0.6 is 0 Å². The molecule has 0 saturated carbocycles. The number of likely N-dealkylation sites (tertiary alicyclic amines) is 1. The van der Waals surface area contributed by atoms with Gasteiger partial charge in [-0.2, -0.15) is 0 Å². The lowest BCUT2D eigenvalue weighted by molar-refractivity contribution is -0.122. The van der Waals surface area contributed by atoms with E-state index >= 15 is 0 Å². The number of nitrogens with zero attached hydrogens (tertiary/aromatic N) is 3. The molecule has 3 saturated heterocycles. The van der Waals surface area contributed by atoms with Gasteiger partial charge in [-0.15, -0.1) is 0 Å². The minimum atomic E-state index is 0.0639. The topological polar surface area (TPSA) is 36.0 Å². The molecule has 5 heteroatoms. The number of morpholine rings is 1. The maximum absolute atomic E-state index is 12.9. The maximum atomic E-state index is 12.9. The fourth-order valence-corrected chi connectivity index (χ4v) is 4.37. The summed E-state index contributed by atoms with van der Waals surface area (Å²) in [5.41, 5.74) is 1.03. The Hall–Kier alpha value is -1.43. The molecule has 1 aromatic carbocycles. The molecule has 3 aliphatic heterocycles. The van der Waals surface area contributed by atoms with Crippen LogP contribution in [-0.4, -0.2) is 73.7 Å². The van der Waals surface area contributed by atoms with E-state index in [4.69, 9.17) is 4.74 Å². The van der Waals surface area contributed by atoms with Crippen LogP contribution in [0.25, 0.3) is 0 Å². The molecular formula is C19H27N3O2. The molecule has 24 heavy (non-hydrogen) atoms. The predicted octanol–water partition coefficient (Wildman–Crippen LogP) is 1.59. The lowest BCUT2D eigenvalue weighted by atomic mass is 10.0. The van der Waals surface area contributed by atoms with Crippen molar-refractivity contribution in [2.45, 2.75) is 31.3 Å². The third kappa shape index (κ3) is 3.21. The van der Waals surface area contributed by atoms with Crippen molar-refractivity contribution in [3.05, 3.63) is 30.3 Å². The van der Waals surface area contributed by atoms with Crippen LogP contribution in [0.4, 0.5) is 5.69 Å². The van der Waals surface area contributed by atoms with Gasteiger partial charge in [0.15, 0.2) is 0 Å². The number of hydrogen-bond donors (Lipinski definition) is 0. The van der Waals surface area contributed by atoms with Gasteiger partial charge in [-0.3, -0.25) is 14.6 Å². The lowest BCUT2D eigenvalue weighted by Crippen LogP contribution is -2.55. The lowest BCUT2D eigenvalue weighted by Gasteiger charge is -2.42. The van der Waals surface area contributed by atoms with Gasteiger partial charge in [-0.25, -0.2) is 0 Å². The Kier molecular flexibility index (Phi) is 4.83. The van der Waals surface area contributed by atoms with Crippen molar-refractivity contribution in [1.29, 1.82) is 0 Å². The average Bonchev–Trinajstić information content (AvgIpc) is 3.05. The smallest absolute Gasteiger partial charge is 0.244 e. The highest BCUT2D eigenvalue weighted by atomic mass is 16.5. The second kappa shape index (κ2) is 7.21. The maximum Gasteiger partial charge on any atom is 0.244 e. The number of carbonyl (C=O) groups excluding carboxylic acids is 1. The summed E-state index contributed by atoms with van der Waals surface area (Å²) in [5, 5.41) is 0. The van der Waals surface area contributed by atoms with E-state index in [0.29, 0.717) is 6.04 Å². The third-order valence-corrected chi connectivity index (χ3v) is 5.68. The van der Waals surface area contributed by atoms with Crippen molar-refractivity contribution in [1.82, 2.24) is 9.80 Å². The molecule has 130 valence electrons. The van der Waals surface area contributed by atoms with E-state index in [2.05, 4.69) is 9.80 Å². The number of amides is 1. The third-order valence-electron chi connectivity index (χ3n) is 5.68. The number of hydrogen-bond acceptors (Lipinski definition) is 4. The molecule has 0 aromatic heterocycles.